The quantitative estimate of drug-likeness (QED) is 0.922. The van der Waals surface area contributed by atoms with E-state index in [1.165, 1.54) is 0 Å². The van der Waals surface area contributed by atoms with Crippen molar-refractivity contribution >= 4 is 21.4 Å². The second kappa shape index (κ2) is 6.08. The average molecular weight is 309 g/mol. The molecule has 2 rings (SSSR count). The van der Waals surface area contributed by atoms with Gasteiger partial charge >= 0.3 is 0 Å². The molecule has 0 fully saturated rings. The molecule has 2 aromatic rings. The van der Waals surface area contributed by atoms with Crippen LogP contribution in [0.3, 0.4) is 0 Å². The van der Waals surface area contributed by atoms with Gasteiger partial charge in [0.2, 0.25) is 10.0 Å². The predicted molar refractivity (Wildman–Crippen MR) is 83.9 cm³/mol. The van der Waals surface area contributed by atoms with Gasteiger partial charge in [-0.2, -0.15) is 11.3 Å². The summed E-state index contributed by atoms with van der Waals surface area (Å²) in [6.45, 7) is 6.08. The lowest BCUT2D eigenvalue weighted by molar-refractivity contribution is 0.580. The van der Waals surface area contributed by atoms with Crippen LogP contribution < -0.4 is 4.72 Å². The zero-order chi connectivity index (χ0) is 14.8. The lowest BCUT2D eigenvalue weighted by Gasteiger charge is -2.13. The lowest BCUT2D eigenvalue weighted by atomic mass is 10.1. The Labute approximate surface area is 124 Å². The van der Waals surface area contributed by atoms with E-state index in [9.17, 15) is 8.42 Å². The van der Waals surface area contributed by atoms with E-state index in [1.54, 1.807) is 11.3 Å². The van der Waals surface area contributed by atoms with Crippen LogP contribution in [0.5, 0.6) is 0 Å². The number of benzene rings is 1. The summed E-state index contributed by atoms with van der Waals surface area (Å²) >= 11 is 1.62. The zero-order valence-corrected chi connectivity index (χ0v) is 13.6. The molecule has 1 N–H and O–H groups in total. The Balaban J connectivity index is 2.14. The summed E-state index contributed by atoms with van der Waals surface area (Å²) in [4.78, 5) is 0.411. The first-order valence-corrected chi connectivity index (χ1v) is 8.91. The van der Waals surface area contributed by atoms with Gasteiger partial charge in [-0.1, -0.05) is 17.7 Å². The fraction of sp³-hybridized carbons (Fsp3) is 0.333. The first-order valence-electron chi connectivity index (χ1n) is 6.49. The van der Waals surface area contributed by atoms with Gasteiger partial charge in [0.1, 0.15) is 0 Å². The maximum absolute atomic E-state index is 12.4. The molecule has 3 nitrogen and oxygen atoms in total. The van der Waals surface area contributed by atoms with Crippen molar-refractivity contribution in [3.63, 3.8) is 0 Å². The van der Waals surface area contributed by atoms with Gasteiger partial charge in [-0.3, -0.25) is 0 Å². The van der Waals surface area contributed by atoms with E-state index in [2.05, 4.69) is 4.72 Å². The zero-order valence-electron chi connectivity index (χ0n) is 11.9. The van der Waals surface area contributed by atoms with E-state index in [1.807, 2.05) is 49.7 Å². The molecular weight excluding hydrogens is 290 g/mol. The molecule has 0 unspecified atom stereocenters. The Bertz CT molecular complexity index is 666. The highest BCUT2D eigenvalue weighted by Crippen LogP contribution is 2.21. The molecule has 0 aliphatic heterocycles. The maximum Gasteiger partial charge on any atom is 0.241 e. The number of aryl methyl sites for hydroxylation is 3. The average Bonchev–Trinajstić information content (AvgIpc) is 2.79. The van der Waals surface area contributed by atoms with Crippen molar-refractivity contribution in [1.82, 2.24) is 4.72 Å². The maximum atomic E-state index is 12.4. The van der Waals surface area contributed by atoms with Gasteiger partial charge in [-0.05, 0) is 60.7 Å². The number of hydrogen-bond donors (Lipinski definition) is 1. The van der Waals surface area contributed by atoms with Crippen LogP contribution in [-0.4, -0.2) is 15.0 Å². The number of thiophene rings is 1. The molecule has 0 spiro atoms. The molecule has 0 atom stereocenters. The molecule has 1 aromatic heterocycles. The Morgan fingerprint density at radius 2 is 1.80 bits per heavy atom. The molecule has 0 amide bonds. The molecule has 1 aromatic carbocycles. The fourth-order valence-electron chi connectivity index (χ4n) is 2.43. The normalized spacial score (nSPS) is 11.8. The predicted octanol–water partition coefficient (Wildman–Crippen LogP) is 3.19. The van der Waals surface area contributed by atoms with Crippen molar-refractivity contribution in [3.8, 4) is 0 Å². The number of rotatable bonds is 5. The van der Waals surface area contributed by atoms with Gasteiger partial charge in [0, 0.05) is 6.54 Å². The molecule has 0 saturated carbocycles. The van der Waals surface area contributed by atoms with Crippen LogP contribution in [-0.2, 0) is 16.4 Å². The third-order valence-electron chi connectivity index (χ3n) is 3.16. The highest BCUT2D eigenvalue weighted by molar-refractivity contribution is 7.89. The summed E-state index contributed by atoms with van der Waals surface area (Å²) in [5, 5.41) is 4.04. The first-order chi connectivity index (χ1) is 9.40. The Kier molecular flexibility index (Phi) is 4.62. The monoisotopic (exact) mass is 309 g/mol. The van der Waals surface area contributed by atoms with Crippen LogP contribution in [0.1, 0.15) is 22.3 Å². The Morgan fingerprint density at radius 3 is 2.35 bits per heavy atom. The van der Waals surface area contributed by atoms with Crippen LogP contribution in [0.25, 0.3) is 0 Å². The minimum absolute atomic E-state index is 0.411. The van der Waals surface area contributed by atoms with Gasteiger partial charge < -0.3 is 0 Å². The third-order valence-corrected chi connectivity index (χ3v) is 5.66. The summed E-state index contributed by atoms with van der Waals surface area (Å²) in [5.41, 5.74) is 3.84. The van der Waals surface area contributed by atoms with Gasteiger partial charge in [0.05, 0.1) is 4.90 Å². The van der Waals surface area contributed by atoms with Gasteiger partial charge in [-0.25, -0.2) is 13.1 Å². The number of nitrogens with one attached hydrogen (secondary N) is 1. The van der Waals surface area contributed by atoms with Crippen LogP contribution in [0, 0.1) is 20.8 Å². The Morgan fingerprint density at radius 1 is 1.15 bits per heavy atom. The highest BCUT2D eigenvalue weighted by atomic mass is 32.2. The summed E-state index contributed by atoms with van der Waals surface area (Å²) in [6.07, 6.45) is 0.715. The summed E-state index contributed by atoms with van der Waals surface area (Å²) in [6, 6.07) is 5.82. The van der Waals surface area contributed by atoms with E-state index < -0.39 is 10.0 Å². The molecule has 20 heavy (non-hydrogen) atoms. The van der Waals surface area contributed by atoms with Crippen molar-refractivity contribution in [3.05, 3.63) is 51.2 Å². The van der Waals surface area contributed by atoms with Crippen molar-refractivity contribution in [2.45, 2.75) is 32.1 Å². The molecule has 1 heterocycles. The van der Waals surface area contributed by atoms with Crippen LogP contribution >= 0.6 is 11.3 Å². The smallest absolute Gasteiger partial charge is 0.211 e. The van der Waals surface area contributed by atoms with E-state index in [4.69, 9.17) is 0 Å². The second-order valence-electron chi connectivity index (χ2n) is 5.01. The van der Waals surface area contributed by atoms with Crippen molar-refractivity contribution < 1.29 is 8.42 Å². The minimum atomic E-state index is -3.44. The molecule has 0 aliphatic rings. The van der Waals surface area contributed by atoms with E-state index >= 15 is 0 Å². The molecule has 0 bridgehead atoms. The standard InChI is InChI=1S/C15H19NO2S2/c1-11-8-12(2)15(13(3)9-11)20(17,18)16-6-4-14-5-7-19-10-14/h5,7-10,16H,4,6H2,1-3H3. The van der Waals surface area contributed by atoms with Gasteiger partial charge in [0.15, 0.2) is 0 Å². The SMILES string of the molecule is Cc1cc(C)c(S(=O)(=O)NCCc2ccsc2)c(C)c1. The molecular formula is C15H19NO2S2. The first kappa shape index (κ1) is 15.2. The van der Waals surface area contributed by atoms with Crippen molar-refractivity contribution in [2.75, 3.05) is 6.54 Å². The molecule has 0 aliphatic carbocycles. The van der Waals surface area contributed by atoms with Crippen molar-refractivity contribution in [1.29, 1.82) is 0 Å². The van der Waals surface area contributed by atoms with E-state index in [0.29, 0.717) is 17.9 Å². The summed E-state index contributed by atoms with van der Waals surface area (Å²) < 4.78 is 27.5. The van der Waals surface area contributed by atoms with E-state index in [0.717, 1.165) is 22.3 Å². The fourth-order valence-corrected chi connectivity index (χ4v) is 4.61. The second-order valence-corrected chi connectivity index (χ2v) is 7.49. The minimum Gasteiger partial charge on any atom is -0.211 e. The number of hydrogen-bond acceptors (Lipinski definition) is 3. The summed E-state index contributed by atoms with van der Waals surface area (Å²) in [7, 11) is -3.44. The Hall–Kier alpha value is -1.17. The molecule has 0 radical (unpaired) electrons. The highest BCUT2D eigenvalue weighted by Gasteiger charge is 2.19. The molecule has 5 heteroatoms. The topological polar surface area (TPSA) is 46.2 Å². The number of sulfonamides is 1. The van der Waals surface area contributed by atoms with Gasteiger partial charge in [0.25, 0.3) is 0 Å². The third kappa shape index (κ3) is 3.48. The molecule has 108 valence electrons. The van der Waals surface area contributed by atoms with Crippen molar-refractivity contribution in [2.24, 2.45) is 0 Å². The van der Waals surface area contributed by atoms with Gasteiger partial charge in [-0.15, -0.1) is 0 Å². The largest absolute Gasteiger partial charge is 0.241 e. The van der Waals surface area contributed by atoms with Crippen LogP contribution in [0.2, 0.25) is 0 Å². The van der Waals surface area contributed by atoms with E-state index in [-0.39, 0.29) is 0 Å². The van der Waals surface area contributed by atoms with Crippen LogP contribution in [0.15, 0.2) is 33.9 Å². The van der Waals surface area contributed by atoms with Crippen LogP contribution in [0.4, 0.5) is 0 Å². The molecule has 0 saturated heterocycles. The summed E-state index contributed by atoms with van der Waals surface area (Å²) in [5.74, 6) is 0. The lowest BCUT2D eigenvalue weighted by Crippen LogP contribution is -2.27.